The van der Waals surface area contributed by atoms with Gasteiger partial charge in [0.25, 0.3) is 0 Å². The molecule has 2 aromatic rings. The first-order chi connectivity index (χ1) is 10.0. The van der Waals surface area contributed by atoms with Crippen molar-refractivity contribution in [1.29, 1.82) is 0 Å². The van der Waals surface area contributed by atoms with Gasteiger partial charge in [-0.2, -0.15) is 0 Å². The second-order valence-electron chi connectivity index (χ2n) is 5.03. The fourth-order valence-corrected chi connectivity index (χ4v) is 3.33. The zero-order chi connectivity index (χ0) is 15.1. The van der Waals surface area contributed by atoms with Crippen LogP contribution in [-0.2, 0) is 11.3 Å². The molecule has 1 aliphatic heterocycles. The molecule has 0 radical (unpaired) electrons. The Morgan fingerprint density at radius 2 is 2.24 bits per heavy atom. The molecule has 2 N–H and O–H groups in total. The molecule has 0 unspecified atom stereocenters. The molecule has 0 bridgehead atoms. The highest BCUT2D eigenvalue weighted by atomic mass is 35.5. The van der Waals surface area contributed by atoms with Gasteiger partial charge in [-0.05, 0) is 13.0 Å². The number of hydroxylamine groups is 1. The Balaban J connectivity index is 2.09. The number of halogens is 2. The molecule has 0 fully saturated rings. The summed E-state index contributed by atoms with van der Waals surface area (Å²) in [4.78, 5) is 21.8. The van der Waals surface area contributed by atoms with Gasteiger partial charge in [0.2, 0.25) is 0 Å². The lowest BCUT2D eigenvalue weighted by Gasteiger charge is -2.33. The van der Waals surface area contributed by atoms with Gasteiger partial charge in [-0.15, -0.1) is 0 Å². The van der Waals surface area contributed by atoms with Crippen molar-refractivity contribution in [2.75, 3.05) is 13.7 Å². The first-order valence-corrected chi connectivity index (χ1v) is 7.38. The molecule has 2 amide bonds. The quantitative estimate of drug-likeness (QED) is 0.785. The highest BCUT2D eigenvalue weighted by molar-refractivity contribution is 6.45. The third kappa shape index (κ3) is 2.25. The summed E-state index contributed by atoms with van der Waals surface area (Å²) in [6.45, 7) is 2.60. The number of fused-ring (bicyclic) bond motifs is 3. The SMILES string of the molecule is CONC(=O)N1CCc2[nH]c3c(Cl)c(Cl)ccc3c2[C@@H]1C. The van der Waals surface area contributed by atoms with Crippen molar-refractivity contribution in [3.05, 3.63) is 33.4 Å². The normalized spacial score (nSPS) is 17.9. The van der Waals surface area contributed by atoms with Gasteiger partial charge in [0.1, 0.15) is 0 Å². The predicted molar refractivity (Wildman–Crippen MR) is 82.7 cm³/mol. The number of hydrogen-bond acceptors (Lipinski definition) is 2. The average Bonchev–Trinajstić information content (AvgIpc) is 2.83. The van der Waals surface area contributed by atoms with E-state index >= 15 is 0 Å². The number of hydrogen-bond donors (Lipinski definition) is 2. The Hall–Kier alpha value is -1.43. The summed E-state index contributed by atoms with van der Waals surface area (Å²) in [6, 6.07) is 3.40. The number of aromatic amines is 1. The van der Waals surface area contributed by atoms with E-state index in [4.69, 9.17) is 28.0 Å². The third-order valence-electron chi connectivity index (χ3n) is 3.92. The summed E-state index contributed by atoms with van der Waals surface area (Å²) in [7, 11) is 1.42. The van der Waals surface area contributed by atoms with E-state index in [1.165, 1.54) is 7.11 Å². The molecule has 112 valence electrons. The molecule has 1 aliphatic rings. The summed E-state index contributed by atoms with van der Waals surface area (Å²) in [5, 5.41) is 2.04. The maximum Gasteiger partial charge on any atom is 0.341 e. The van der Waals surface area contributed by atoms with E-state index in [2.05, 4.69) is 10.5 Å². The Morgan fingerprint density at radius 3 is 2.95 bits per heavy atom. The molecular formula is C14H15Cl2N3O2. The van der Waals surface area contributed by atoms with Crippen molar-refractivity contribution in [2.45, 2.75) is 19.4 Å². The van der Waals surface area contributed by atoms with Gasteiger partial charge in [0.15, 0.2) is 0 Å². The number of nitrogens with zero attached hydrogens (tertiary/aromatic N) is 1. The van der Waals surface area contributed by atoms with Gasteiger partial charge in [-0.1, -0.05) is 29.3 Å². The molecule has 3 rings (SSSR count). The van der Waals surface area contributed by atoms with Gasteiger partial charge in [0.05, 0.1) is 28.7 Å². The summed E-state index contributed by atoms with van der Waals surface area (Å²) in [5.74, 6) is 0. The van der Waals surface area contributed by atoms with Crippen molar-refractivity contribution in [1.82, 2.24) is 15.4 Å². The summed E-state index contributed by atoms with van der Waals surface area (Å²) in [5.41, 5.74) is 5.38. The Morgan fingerprint density at radius 1 is 1.48 bits per heavy atom. The minimum absolute atomic E-state index is 0.0742. The molecule has 0 aliphatic carbocycles. The van der Waals surface area contributed by atoms with E-state index in [-0.39, 0.29) is 12.1 Å². The maximum absolute atomic E-state index is 12.0. The van der Waals surface area contributed by atoms with E-state index < -0.39 is 0 Å². The molecule has 1 atom stereocenters. The maximum atomic E-state index is 12.0. The number of carbonyl (C=O) groups is 1. The van der Waals surface area contributed by atoms with Gasteiger partial charge in [-0.25, -0.2) is 10.3 Å². The summed E-state index contributed by atoms with van der Waals surface area (Å²) >= 11 is 12.3. The van der Waals surface area contributed by atoms with Crippen LogP contribution in [0.2, 0.25) is 10.0 Å². The number of nitrogens with one attached hydrogen (secondary N) is 2. The molecule has 21 heavy (non-hydrogen) atoms. The van der Waals surface area contributed by atoms with Crippen LogP contribution in [0.15, 0.2) is 12.1 Å². The van der Waals surface area contributed by atoms with Gasteiger partial charge < -0.3 is 9.88 Å². The van der Waals surface area contributed by atoms with Crippen molar-refractivity contribution >= 4 is 40.1 Å². The smallest absolute Gasteiger partial charge is 0.341 e. The van der Waals surface area contributed by atoms with Crippen LogP contribution in [0.4, 0.5) is 4.79 Å². The molecule has 0 saturated carbocycles. The second kappa shape index (κ2) is 5.40. The number of rotatable bonds is 1. The van der Waals surface area contributed by atoms with Crippen molar-refractivity contribution in [3.63, 3.8) is 0 Å². The standard InChI is InChI=1S/C14H15Cl2N3O2/c1-7-11-8-3-4-9(15)12(16)13(8)17-10(11)5-6-19(7)14(20)18-21-2/h3-4,7,17H,5-6H2,1-2H3,(H,18,20)/t7-/m0/s1. The molecule has 5 nitrogen and oxygen atoms in total. The number of H-pyrrole nitrogens is 1. The zero-order valence-corrected chi connectivity index (χ0v) is 13.2. The van der Waals surface area contributed by atoms with Crippen LogP contribution >= 0.6 is 23.2 Å². The van der Waals surface area contributed by atoms with Crippen LogP contribution in [-0.4, -0.2) is 29.6 Å². The van der Waals surface area contributed by atoms with Crippen LogP contribution in [0, 0.1) is 0 Å². The minimum atomic E-state index is -0.245. The Bertz CT molecular complexity index is 714. The summed E-state index contributed by atoms with van der Waals surface area (Å²) in [6.07, 6.45) is 0.736. The highest BCUT2D eigenvalue weighted by Gasteiger charge is 2.31. The van der Waals surface area contributed by atoms with Crippen molar-refractivity contribution in [2.24, 2.45) is 0 Å². The van der Waals surface area contributed by atoms with Crippen molar-refractivity contribution in [3.8, 4) is 0 Å². The first-order valence-electron chi connectivity index (χ1n) is 6.62. The number of carbonyl (C=O) groups excluding carboxylic acids is 1. The molecule has 0 spiro atoms. The Labute approximate surface area is 132 Å². The molecule has 0 saturated heterocycles. The van der Waals surface area contributed by atoms with E-state index in [0.29, 0.717) is 16.6 Å². The topological polar surface area (TPSA) is 57.4 Å². The van der Waals surface area contributed by atoms with E-state index in [1.807, 2.05) is 13.0 Å². The molecule has 1 aromatic carbocycles. The van der Waals surface area contributed by atoms with Crippen molar-refractivity contribution < 1.29 is 9.63 Å². The monoisotopic (exact) mass is 327 g/mol. The van der Waals surface area contributed by atoms with E-state index in [0.717, 1.165) is 28.6 Å². The van der Waals surface area contributed by atoms with Gasteiger partial charge in [-0.3, -0.25) is 4.84 Å². The number of aromatic nitrogens is 1. The van der Waals surface area contributed by atoms with Crippen LogP contribution in [0.1, 0.15) is 24.2 Å². The largest absolute Gasteiger partial charge is 0.357 e. The van der Waals surface area contributed by atoms with E-state index in [1.54, 1.807) is 11.0 Å². The first kappa shape index (κ1) is 14.5. The lowest BCUT2D eigenvalue weighted by molar-refractivity contribution is 0.0779. The minimum Gasteiger partial charge on any atom is -0.357 e. The van der Waals surface area contributed by atoms with Crippen LogP contribution < -0.4 is 5.48 Å². The van der Waals surface area contributed by atoms with Crippen LogP contribution in [0.5, 0.6) is 0 Å². The number of urea groups is 1. The molecule has 2 heterocycles. The van der Waals surface area contributed by atoms with Gasteiger partial charge >= 0.3 is 6.03 Å². The van der Waals surface area contributed by atoms with E-state index in [9.17, 15) is 4.79 Å². The average molecular weight is 328 g/mol. The Kier molecular flexibility index (Phi) is 3.73. The van der Waals surface area contributed by atoms with Crippen LogP contribution in [0.3, 0.4) is 0 Å². The molecular weight excluding hydrogens is 313 g/mol. The molecule has 1 aromatic heterocycles. The fourth-order valence-electron chi connectivity index (χ4n) is 2.96. The number of amides is 2. The second-order valence-corrected chi connectivity index (χ2v) is 5.82. The fraction of sp³-hybridized carbons (Fsp3) is 0.357. The zero-order valence-electron chi connectivity index (χ0n) is 11.7. The number of benzene rings is 1. The predicted octanol–water partition coefficient (Wildman–Crippen LogP) is 3.66. The highest BCUT2D eigenvalue weighted by Crippen LogP contribution is 2.39. The van der Waals surface area contributed by atoms with Crippen LogP contribution in [0.25, 0.3) is 10.9 Å². The third-order valence-corrected chi connectivity index (χ3v) is 4.73. The van der Waals surface area contributed by atoms with Gasteiger partial charge in [0, 0.05) is 29.6 Å². The lowest BCUT2D eigenvalue weighted by Crippen LogP contribution is -2.44. The molecule has 7 heteroatoms. The lowest BCUT2D eigenvalue weighted by atomic mass is 9.97. The summed E-state index contributed by atoms with van der Waals surface area (Å²) < 4.78 is 0.